The summed E-state index contributed by atoms with van der Waals surface area (Å²) in [5.74, 6) is -0.523. The van der Waals surface area contributed by atoms with Gasteiger partial charge in [0, 0.05) is 31.9 Å². The largest absolute Gasteiger partial charge is 0.373 e. The SMILES string of the molecule is CC[C@@H](C)N(CCN(C)c1ccc(F)c(Cl)c1)C(=O)c1cc(C)ccc1-n1nccn1. The number of nitrogens with zero attached hydrogens (tertiary/aromatic N) is 5. The van der Waals surface area contributed by atoms with Gasteiger partial charge in [0.2, 0.25) is 0 Å². The number of carbonyl (C=O) groups is 1. The van der Waals surface area contributed by atoms with Crippen LogP contribution in [0.2, 0.25) is 5.02 Å². The Morgan fingerprint density at radius 2 is 1.87 bits per heavy atom. The van der Waals surface area contributed by atoms with Gasteiger partial charge in [0.1, 0.15) is 5.82 Å². The number of halogens is 2. The van der Waals surface area contributed by atoms with Crippen LogP contribution in [0, 0.1) is 12.7 Å². The summed E-state index contributed by atoms with van der Waals surface area (Å²) in [5, 5.41) is 8.47. The van der Waals surface area contributed by atoms with Crippen LogP contribution in [-0.4, -0.2) is 52.0 Å². The summed E-state index contributed by atoms with van der Waals surface area (Å²) in [6, 6.07) is 10.3. The molecule has 0 unspecified atom stereocenters. The second-order valence-corrected chi connectivity index (χ2v) is 8.02. The molecule has 8 heteroatoms. The molecule has 2 aromatic carbocycles. The highest BCUT2D eigenvalue weighted by Crippen LogP contribution is 2.23. The molecule has 0 radical (unpaired) electrons. The number of carbonyl (C=O) groups excluding carboxylic acids is 1. The van der Waals surface area contributed by atoms with Crippen LogP contribution in [0.1, 0.15) is 36.2 Å². The van der Waals surface area contributed by atoms with Crippen LogP contribution in [0.15, 0.2) is 48.8 Å². The minimum absolute atomic E-state index is 0.0386. The number of rotatable bonds is 8. The van der Waals surface area contributed by atoms with Gasteiger partial charge in [-0.25, -0.2) is 4.39 Å². The van der Waals surface area contributed by atoms with E-state index in [0.717, 1.165) is 17.7 Å². The number of amides is 1. The normalized spacial score (nSPS) is 11.9. The first-order valence-corrected chi connectivity index (χ1v) is 10.6. The molecule has 1 atom stereocenters. The molecule has 3 rings (SSSR count). The summed E-state index contributed by atoms with van der Waals surface area (Å²) >= 11 is 5.92. The molecule has 0 bridgehead atoms. The maximum absolute atomic E-state index is 13.6. The van der Waals surface area contributed by atoms with Crippen molar-refractivity contribution in [1.29, 1.82) is 0 Å². The molecule has 0 spiro atoms. The zero-order valence-corrected chi connectivity index (χ0v) is 19.0. The molecular formula is C23H27ClFN5O. The third-order valence-corrected chi connectivity index (χ3v) is 5.71. The fraction of sp³-hybridized carbons (Fsp3) is 0.348. The summed E-state index contributed by atoms with van der Waals surface area (Å²) < 4.78 is 13.5. The Morgan fingerprint density at radius 1 is 1.16 bits per heavy atom. The zero-order chi connectivity index (χ0) is 22.5. The van der Waals surface area contributed by atoms with Crippen molar-refractivity contribution in [3.05, 3.63) is 70.8 Å². The molecule has 0 aliphatic heterocycles. The second-order valence-electron chi connectivity index (χ2n) is 7.61. The Morgan fingerprint density at radius 3 is 2.52 bits per heavy atom. The van der Waals surface area contributed by atoms with Gasteiger partial charge in [-0.05, 0) is 50.6 Å². The Labute approximate surface area is 187 Å². The summed E-state index contributed by atoms with van der Waals surface area (Å²) in [7, 11) is 1.90. The standard InChI is InChI=1S/C23H27ClFN5O/c1-5-17(3)29(13-12-28(4)18-7-8-21(25)20(24)15-18)23(31)19-14-16(2)6-9-22(19)30-26-10-11-27-30/h6-11,14-15,17H,5,12-13H2,1-4H3/t17-/m1/s1. The predicted molar refractivity (Wildman–Crippen MR) is 122 cm³/mol. The second kappa shape index (κ2) is 9.92. The van der Waals surface area contributed by atoms with E-state index in [0.29, 0.717) is 24.3 Å². The van der Waals surface area contributed by atoms with E-state index < -0.39 is 5.82 Å². The van der Waals surface area contributed by atoms with E-state index in [1.54, 1.807) is 24.5 Å². The summed E-state index contributed by atoms with van der Waals surface area (Å²) in [5.41, 5.74) is 2.98. The van der Waals surface area contributed by atoms with Crippen molar-refractivity contribution >= 4 is 23.2 Å². The van der Waals surface area contributed by atoms with Crippen molar-refractivity contribution in [3.8, 4) is 5.69 Å². The van der Waals surface area contributed by atoms with Gasteiger partial charge in [-0.15, -0.1) is 0 Å². The maximum atomic E-state index is 13.6. The van der Waals surface area contributed by atoms with Crippen molar-refractivity contribution in [2.24, 2.45) is 0 Å². The third kappa shape index (κ3) is 5.22. The average molecular weight is 444 g/mol. The van der Waals surface area contributed by atoms with E-state index in [-0.39, 0.29) is 17.0 Å². The highest BCUT2D eigenvalue weighted by molar-refractivity contribution is 6.31. The Kier molecular flexibility index (Phi) is 7.28. The fourth-order valence-electron chi connectivity index (χ4n) is 3.34. The number of anilines is 1. The van der Waals surface area contributed by atoms with Crippen molar-refractivity contribution in [2.45, 2.75) is 33.2 Å². The highest BCUT2D eigenvalue weighted by atomic mass is 35.5. The molecule has 31 heavy (non-hydrogen) atoms. The Hall–Kier alpha value is -2.93. The van der Waals surface area contributed by atoms with Crippen LogP contribution in [0.25, 0.3) is 5.69 Å². The van der Waals surface area contributed by atoms with Gasteiger partial charge in [-0.2, -0.15) is 15.0 Å². The van der Waals surface area contributed by atoms with Crippen molar-refractivity contribution in [2.75, 3.05) is 25.0 Å². The molecule has 0 fully saturated rings. The van der Waals surface area contributed by atoms with E-state index >= 15 is 0 Å². The molecule has 1 aromatic heterocycles. The van der Waals surface area contributed by atoms with E-state index in [2.05, 4.69) is 17.1 Å². The molecule has 0 saturated heterocycles. The monoisotopic (exact) mass is 443 g/mol. The number of hydrogen-bond acceptors (Lipinski definition) is 4. The molecule has 0 aliphatic rings. The number of benzene rings is 2. The van der Waals surface area contributed by atoms with E-state index in [1.807, 2.05) is 48.9 Å². The minimum atomic E-state index is -0.450. The molecule has 1 amide bonds. The summed E-state index contributed by atoms with van der Waals surface area (Å²) in [6.45, 7) is 7.12. The summed E-state index contributed by atoms with van der Waals surface area (Å²) in [4.78, 5) is 18.9. The highest BCUT2D eigenvalue weighted by Gasteiger charge is 2.24. The molecule has 3 aromatic rings. The van der Waals surface area contributed by atoms with Crippen LogP contribution in [-0.2, 0) is 0 Å². The van der Waals surface area contributed by atoms with Gasteiger partial charge in [-0.1, -0.05) is 30.2 Å². The maximum Gasteiger partial charge on any atom is 0.256 e. The zero-order valence-electron chi connectivity index (χ0n) is 18.2. The van der Waals surface area contributed by atoms with E-state index in [1.165, 1.54) is 10.9 Å². The Balaban J connectivity index is 1.85. The first-order valence-electron chi connectivity index (χ1n) is 10.3. The van der Waals surface area contributed by atoms with Gasteiger partial charge < -0.3 is 9.80 Å². The fourth-order valence-corrected chi connectivity index (χ4v) is 3.52. The van der Waals surface area contributed by atoms with Gasteiger partial charge in [0.15, 0.2) is 0 Å². The van der Waals surface area contributed by atoms with Crippen LogP contribution >= 0.6 is 11.6 Å². The quantitative estimate of drug-likeness (QED) is 0.504. The van der Waals surface area contributed by atoms with Crippen molar-refractivity contribution < 1.29 is 9.18 Å². The molecule has 0 N–H and O–H groups in total. The number of aromatic nitrogens is 3. The van der Waals surface area contributed by atoms with Gasteiger partial charge in [0.25, 0.3) is 5.91 Å². The van der Waals surface area contributed by atoms with Crippen LogP contribution < -0.4 is 4.90 Å². The van der Waals surface area contributed by atoms with Crippen LogP contribution in [0.3, 0.4) is 0 Å². The van der Waals surface area contributed by atoms with Crippen molar-refractivity contribution in [3.63, 3.8) is 0 Å². The van der Waals surface area contributed by atoms with Crippen molar-refractivity contribution in [1.82, 2.24) is 19.9 Å². The lowest BCUT2D eigenvalue weighted by atomic mass is 10.1. The third-order valence-electron chi connectivity index (χ3n) is 5.42. The molecule has 164 valence electrons. The predicted octanol–water partition coefficient (Wildman–Crippen LogP) is 4.75. The average Bonchev–Trinajstić information content (AvgIpc) is 3.29. The van der Waals surface area contributed by atoms with Gasteiger partial charge in [-0.3, -0.25) is 4.79 Å². The van der Waals surface area contributed by atoms with E-state index in [9.17, 15) is 9.18 Å². The molecule has 0 aliphatic carbocycles. The summed E-state index contributed by atoms with van der Waals surface area (Å²) in [6.07, 6.45) is 3.99. The molecule has 0 saturated carbocycles. The lowest BCUT2D eigenvalue weighted by molar-refractivity contribution is 0.0694. The smallest absolute Gasteiger partial charge is 0.256 e. The lowest BCUT2D eigenvalue weighted by Crippen LogP contribution is -2.43. The lowest BCUT2D eigenvalue weighted by Gasteiger charge is -2.32. The first-order chi connectivity index (χ1) is 14.8. The van der Waals surface area contributed by atoms with Crippen LogP contribution in [0.5, 0.6) is 0 Å². The Bertz CT molecular complexity index is 1040. The van der Waals surface area contributed by atoms with Crippen LogP contribution in [0.4, 0.5) is 10.1 Å². The topological polar surface area (TPSA) is 54.3 Å². The number of hydrogen-bond donors (Lipinski definition) is 0. The van der Waals surface area contributed by atoms with E-state index in [4.69, 9.17) is 11.6 Å². The minimum Gasteiger partial charge on any atom is -0.373 e. The number of likely N-dealkylation sites (N-methyl/N-ethyl adjacent to an activating group) is 1. The van der Waals surface area contributed by atoms with Gasteiger partial charge in [0.05, 0.1) is 28.7 Å². The molecule has 1 heterocycles. The molecular weight excluding hydrogens is 417 g/mol. The molecule has 6 nitrogen and oxygen atoms in total. The van der Waals surface area contributed by atoms with Gasteiger partial charge >= 0.3 is 0 Å². The first kappa shape index (κ1) is 22.7. The number of aryl methyl sites for hydroxylation is 1.